The number of alkyl carbamates (subject to hydrolysis) is 1. The van der Waals surface area contributed by atoms with Gasteiger partial charge in [0.25, 0.3) is 0 Å². The van der Waals surface area contributed by atoms with Crippen LogP contribution in [-0.4, -0.2) is 30.0 Å². The molecule has 7 nitrogen and oxygen atoms in total. The van der Waals surface area contributed by atoms with Gasteiger partial charge in [-0.25, -0.2) is 4.79 Å². The molecule has 0 aliphatic heterocycles. The summed E-state index contributed by atoms with van der Waals surface area (Å²) in [5, 5.41) is 9.45. The fourth-order valence-corrected chi connectivity index (χ4v) is 4.44. The number of carbonyl (C=O) groups is 3. The molecule has 0 aliphatic rings. The van der Waals surface area contributed by atoms with Gasteiger partial charge in [0, 0.05) is 6.42 Å². The number of rotatable bonds is 9. The molecule has 0 unspecified atom stereocenters. The molecule has 4 aromatic carbocycles. The molecule has 0 aromatic heterocycles. The lowest BCUT2D eigenvalue weighted by molar-refractivity contribution is -0.129. The molecule has 0 saturated heterocycles. The summed E-state index contributed by atoms with van der Waals surface area (Å²) >= 11 is 0. The van der Waals surface area contributed by atoms with Gasteiger partial charge in [0.05, 0.1) is 0 Å². The van der Waals surface area contributed by atoms with Crippen LogP contribution in [0.25, 0.3) is 21.5 Å². The predicted molar refractivity (Wildman–Crippen MR) is 145 cm³/mol. The smallest absolute Gasteiger partial charge is 0.408 e. The van der Waals surface area contributed by atoms with Crippen LogP contribution in [0.4, 0.5) is 4.79 Å². The highest BCUT2D eigenvalue weighted by Crippen LogP contribution is 2.29. The molecule has 3 amide bonds. The Morgan fingerprint density at radius 2 is 1.38 bits per heavy atom. The SMILES string of the molecule is CC(C)[C@H](NC(=O)OCc1ccccc1)C(=O)N[C@@H](Cc1c2ccccc2cc2ccccc12)C(N)=O. The van der Waals surface area contributed by atoms with Crippen LogP contribution >= 0.6 is 0 Å². The highest BCUT2D eigenvalue weighted by atomic mass is 16.5. The summed E-state index contributed by atoms with van der Waals surface area (Å²) < 4.78 is 5.28. The molecule has 0 radical (unpaired) electrons. The van der Waals surface area contributed by atoms with E-state index < -0.39 is 30.0 Å². The van der Waals surface area contributed by atoms with Crippen molar-refractivity contribution in [2.45, 2.75) is 39.0 Å². The van der Waals surface area contributed by atoms with Crippen LogP contribution in [0.15, 0.2) is 84.9 Å². The second kappa shape index (κ2) is 11.6. The Hall–Kier alpha value is -4.39. The molecule has 4 aromatic rings. The quantitative estimate of drug-likeness (QED) is 0.297. The summed E-state index contributed by atoms with van der Waals surface area (Å²) in [5.74, 6) is -1.41. The van der Waals surface area contributed by atoms with Gasteiger partial charge in [0.2, 0.25) is 11.8 Å². The number of hydrogen-bond donors (Lipinski definition) is 3. The number of primary amides is 1. The van der Waals surface area contributed by atoms with E-state index in [1.165, 1.54) is 0 Å². The fraction of sp³-hybridized carbons (Fsp3) is 0.233. The molecule has 0 heterocycles. The Bertz CT molecular complexity index is 1360. The van der Waals surface area contributed by atoms with Crippen LogP contribution < -0.4 is 16.4 Å². The Kier molecular flexibility index (Phi) is 8.03. The average Bonchev–Trinajstić information content (AvgIpc) is 2.90. The summed E-state index contributed by atoms with van der Waals surface area (Å²) in [5.41, 5.74) is 7.50. The van der Waals surface area contributed by atoms with Gasteiger partial charge in [0.15, 0.2) is 0 Å². The van der Waals surface area contributed by atoms with E-state index in [0.717, 1.165) is 32.7 Å². The number of hydrogen-bond acceptors (Lipinski definition) is 4. The molecule has 2 atom stereocenters. The lowest BCUT2D eigenvalue weighted by Crippen LogP contribution is -2.55. The largest absolute Gasteiger partial charge is 0.445 e. The maximum atomic E-state index is 13.2. The summed E-state index contributed by atoms with van der Waals surface area (Å²) in [4.78, 5) is 38.2. The summed E-state index contributed by atoms with van der Waals surface area (Å²) in [6.45, 7) is 3.69. The van der Waals surface area contributed by atoms with E-state index in [1.54, 1.807) is 13.8 Å². The van der Waals surface area contributed by atoms with Gasteiger partial charge in [-0.3, -0.25) is 9.59 Å². The molecule has 0 aliphatic carbocycles. The summed E-state index contributed by atoms with van der Waals surface area (Å²) in [6.07, 6.45) is -0.500. The van der Waals surface area contributed by atoms with Crippen LogP contribution in [0.2, 0.25) is 0 Å². The van der Waals surface area contributed by atoms with Gasteiger partial charge in [-0.05, 0) is 44.7 Å². The minimum atomic E-state index is -0.967. The number of fused-ring (bicyclic) bond motifs is 2. The van der Waals surface area contributed by atoms with Gasteiger partial charge >= 0.3 is 6.09 Å². The molecule has 0 spiro atoms. The van der Waals surface area contributed by atoms with E-state index in [0.29, 0.717) is 0 Å². The zero-order valence-corrected chi connectivity index (χ0v) is 20.9. The Morgan fingerprint density at radius 3 is 1.95 bits per heavy atom. The van der Waals surface area contributed by atoms with Gasteiger partial charge < -0.3 is 21.1 Å². The van der Waals surface area contributed by atoms with E-state index in [4.69, 9.17) is 10.5 Å². The normalized spacial score (nSPS) is 12.7. The number of nitrogens with two attached hydrogens (primary N) is 1. The lowest BCUT2D eigenvalue weighted by Gasteiger charge is -2.25. The van der Waals surface area contributed by atoms with E-state index in [9.17, 15) is 14.4 Å². The fourth-order valence-electron chi connectivity index (χ4n) is 4.44. The van der Waals surface area contributed by atoms with E-state index in [2.05, 4.69) is 16.7 Å². The number of nitrogens with one attached hydrogen (secondary N) is 2. The third-order valence-corrected chi connectivity index (χ3v) is 6.39. The van der Waals surface area contributed by atoms with E-state index in [1.807, 2.05) is 78.9 Å². The van der Waals surface area contributed by atoms with Gasteiger partial charge in [-0.1, -0.05) is 92.7 Å². The minimum absolute atomic E-state index is 0.0805. The first-order chi connectivity index (χ1) is 17.8. The van der Waals surface area contributed by atoms with Crippen molar-refractivity contribution in [1.82, 2.24) is 10.6 Å². The van der Waals surface area contributed by atoms with Gasteiger partial charge in [-0.2, -0.15) is 0 Å². The lowest BCUT2D eigenvalue weighted by atomic mass is 9.92. The van der Waals surface area contributed by atoms with Crippen molar-refractivity contribution in [3.05, 3.63) is 96.1 Å². The number of benzene rings is 4. The second-order valence-electron chi connectivity index (χ2n) is 9.39. The van der Waals surface area contributed by atoms with Crippen molar-refractivity contribution in [3.63, 3.8) is 0 Å². The van der Waals surface area contributed by atoms with Gasteiger partial charge in [-0.15, -0.1) is 0 Å². The highest BCUT2D eigenvalue weighted by Gasteiger charge is 2.29. The van der Waals surface area contributed by atoms with Crippen LogP contribution in [-0.2, 0) is 27.4 Å². The number of ether oxygens (including phenoxy) is 1. The molecular formula is C30H31N3O4. The first-order valence-corrected chi connectivity index (χ1v) is 12.3. The Balaban J connectivity index is 1.52. The Morgan fingerprint density at radius 1 is 0.811 bits per heavy atom. The molecule has 0 bridgehead atoms. The first-order valence-electron chi connectivity index (χ1n) is 12.3. The van der Waals surface area contributed by atoms with Crippen molar-refractivity contribution in [1.29, 1.82) is 0 Å². The number of carbonyl (C=O) groups excluding carboxylic acids is 3. The molecule has 37 heavy (non-hydrogen) atoms. The van der Waals surface area contributed by atoms with Gasteiger partial charge in [0.1, 0.15) is 18.7 Å². The van der Waals surface area contributed by atoms with Crippen LogP contribution in [0.3, 0.4) is 0 Å². The Labute approximate surface area is 216 Å². The minimum Gasteiger partial charge on any atom is -0.445 e. The zero-order chi connectivity index (χ0) is 26.4. The van der Waals surface area contributed by atoms with Crippen molar-refractivity contribution in [3.8, 4) is 0 Å². The third kappa shape index (κ3) is 6.25. The monoisotopic (exact) mass is 497 g/mol. The zero-order valence-electron chi connectivity index (χ0n) is 20.9. The molecule has 0 saturated carbocycles. The molecule has 4 rings (SSSR count). The summed E-state index contributed by atoms with van der Waals surface area (Å²) in [6, 6.07) is 25.3. The van der Waals surface area contributed by atoms with Crippen molar-refractivity contribution in [2.75, 3.05) is 0 Å². The molecule has 7 heteroatoms. The van der Waals surface area contributed by atoms with Crippen LogP contribution in [0.5, 0.6) is 0 Å². The molecule has 190 valence electrons. The van der Waals surface area contributed by atoms with E-state index in [-0.39, 0.29) is 18.9 Å². The van der Waals surface area contributed by atoms with Crippen molar-refractivity contribution in [2.24, 2.45) is 11.7 Å². The molecule has 0 fully saturated rings. The predicted octanol–water partition coefficient (Wildman–Crippen LogP) is 4.46. The van der Waals surface area contributed by atoms with Crippen molar-refractivity contribution < 1.29 is 19.1 Å². The molecular weight excluding hydrogens is 466 g/mol. The highest BCUT2D eigenvalue weighted by molar-refractivity contribution is 6.03. The van der Waals surface area contributed by atoms with Crippen molar-refractivity contribution >= 4 is 39.5 Å². The van der Waals surface area contributed by atoms with Crippen LogP contribution in [0, 0.1) is 5.92 Å². The second-order valence-corrected chi connectivity index (χ2v) is 9.39. The standard InChI is InChI=1S/C30H31N3O4/c1-19(2)27(33-30(36)37-18-20-10-4-3-5-11-20)29(35)32-26(28(31)34)17-25-23-14-8-6-12-21(23)16-22-13-7-9-15-24(22)25/h3-16,19,26-27H,17-18H2,1-2H3,(H2,31,34)(H,32,35)(H,33,36)/t26-,27-/m0/s1. The topological polar surface area (TPSA) is 111 Å². The first kappa shape index (κ1) is 25.7. The van der Waals surface area contributed by atoms with Crippen LogP contribution in [0.1, 0.15) is 25.0 Å². The third-order valence-electron chi connectivity index (χ3n) is 6.39. The molecule has 4 N–H and O–H groups in total. The number of amides is 3. The average molecular weight is 498 g/mol. The van der Waals surface area contributed by atoms with E-state index >= 15 is 0 Å². The maximum absolute atomic E-state index is 13.2. The summed E-state index contributed by atoms with van der Waals surface area (Å²) in [7, 11) is 0. The maximum Gasteiger partial charge on any atom is 0.408 e.